The molecule has 10 heteroatoms. The number of sulfone groups is 1. The second-order valence-corrected chi connectivity index (χ2v) is 10.1. The molecule has 1 N–H and O–H groups in total. The molecule has 26 heavy (non-hydrogen) atoms. The highest BCUT2D eigenvalue weighted by Crippen LogP contribution is 2.28. The van der Waals surface area contributed by atoms with Gasteiger partial charge in [-0.05, 0) is 57.1 Å². The number of piperidine rings is 1. The van der Waals surface area contributed by atoms with Crippen molar-refractivity contribution in [2.45, 2.75) is 30.6 Å². The molecule has 0 atom stereocenters. The summed E-state index contributed by atoms with van der Waals surface area (Å²) in [5.41, 5.74) is 0. The number of ether oxygens (including phenoxy) is 1. The molecule has 0 amide bonds. The van der Waals surface area contributed by atoms with Crippen molar-refractivity contribution in [2.75, 3.05) is 38.8 Å². The Kier molecular flexibility index (Phi) is 9.32. The summed E-state index contributed by atoms with van der Waals surface area (Å²) in [6.07, 6.45) is 5.07. The zero-order chi connectivity index (χ0) is 19.8. The molecule has 0 spiro atoms. The summed E-state index contributed by atoms with van der Waals surface area (Å²) in [4.78, 5) is 2.53. The topological polar surface area (TPSA) is 101 Å². The van der Waals surface area contributed by atoms with Crippen molar-refractivity contribution in [1.29, 1.82) is 0 Å². The van der Waals surface area contributed by atoms with E-state index in [-0.39, 0.29) is 10.6 Å². The third-order valence-corrected chi connectivity index (χ3v) is 5.85. The van der Waals surface area contributed by atoms with E-state index < -0.39 is 20.0 Å². The molecule has 0 aliphatic carbocycles. The third kappa shape index (κ3) is 9.18. The van der Waals surface area contributed by atoms with Crippen LogP contribution in [0, 0.1) is 0 Å². The van der Waals surface area contributed by atoms with Crippen LogP contribution in [-0.4, -0.2) is 65.0 Å². The third-order valence-electron chi connectivity index (χ3n) is 3.80. The molecule has 1 aromatic rings. The maximum absolute atomic E-state index is 12.4. The Morgan fingerprint density at radius 2 is 1.73 bits per heavy atom. The number of benzene rings is 1. The van der Waals surface area contributed by atoms with Crippen molar-refractivity contribution >= 4 is 31.6 Å². The van der Waals surface area contributed by atoms with Crippen molar-refractivity contribution in [3.63, 3.8) is 0 Å². The van der Waals surface area contributed by atoms with E-state index in [1.54, 1.807) is 12.1 Å². The van der Waals surface area contributed by atoms with Gasteiger partial charge in [-0.3, -0.25) is 4.55 Å². The van der Waals surface area contributed by atoms with Crippen molar-refractivity contribution in [2.24, 2.45) is 0 Å². The lowest BCUT2D eigenvalue weighted by Gasteiger charge is -2.26. The molecule has 1 heterocycles. The van der Waals surface area contributed by atoms with Gasteiger partial charge in [0, 0.05) is 5.02 Å². The van der Waals surface area contributed by atoms with Crippen LogP contribution < -0.4 is 4.74 Å². The lowest BCUT2D eigenvalue weighted by Crippen LogP contribution is -2.31. The summed E-state index contributed by atoms with van der Waals surface area (Å²) in [5, 5.41) is 0.408. The molecule has 1 aliphatic heterocycles. The fourth-order valence-corrected chi connectivity index (χ4v) is 4.39. The van der Waals surface area contributed by atoms with Gasteiger partial charge in [0.15, 0.2) is 9.84 Å². The van der Waals surface area contributed by atoms with Gasteiger partial charge >= 0.3 is 0 Å². The maximum Gasteiger partial charge on any atom is 0.261 e. The van der Waals surface area contributed by atoms with Gasteiger partial charge in [0.1, 0.15) is 10.6 Å². The smallest absolute Gasteiger partial charge is 0.261 e. The highest BCUT2D eigenvalue weighted by molar-refractivity contribution is 7.91. The molecule has 2 rings (SSSR count). The van der Waals surface area contributed by atoms with Gasteiger partial charge in [0.25, 0.3) is 10.1 Å². The van der Waals surface area contributed by atoms with Gasteiger partial charge in [-0.2, -0.15) is 8.42 Å². The minimum absolute atomic E-state index is 0.125. The maximum atomic E-state index is 12.4. The van der Waals surface area contributed by atoms with Crippen LogP contribution in [0.2, 0.25) is 5.02 Å². The van der Waals surface area contributed by atoms with Crippen LogP contribution in [-0.2, 0) is 20.0 Å². The van der Waals surface area contributed by atoms with E-state index in [1.165, 1.54) is 32.4 Å². The molecule has 7 nitrogen and oxygen atoms in total. The van der Waals surface area contributed by atoms with Crippen molar-refractivity contribution < 1.29 is 26.1 Å². The second kappa shape index (κ2) is 10.5. The van der Waals surface area contributed by atoms with Crippen LogP contribution >= 0.6 is 11.6 Å². The summed E-state index contributed by atoms with van der Waals surface area (Å²) in [5.74, 6) is 0.484. The molecule has 1 fully saturated rings. The van der Waals surface area contributed by atoms with E-state index in [9.17, 15) is 16.8 Å². The Balaban J connectivity index is 0.000000597. The number of hydrogen-bond acceptors (Lipinski definition) is 6. The molecule has 0 radical (unpaired) electrons. The van der Waals surface area contributed by atoms with Gasteiger partial charge in [-0.25, -0.2) is 8.42 Å². The normalized spacial score (nSPS) is 15.8. The zero-order valence-corrected chi connectivity index (χ0v) is 17.4. The minimum atomic E-state index is -3.67. The van der Waals surface area contributed by atoms with Crippen LogP contribution in [0.1, 0.15) is 25.7 Å². The van der Waals surface area contributed by atoms with Crippen molar-refractivity contribution in [3.05, 3.63) is 23.2 Å². The standard InChI is InChI=1S/C15H22ClNO3S.CH4O3S/c1-20-14-7-6-13(16)12-15(14)21(18,19)11-5-10-17-8-3-2-4-9-17;1-5(2,3)4/h6-7,12H,2-5,8-11H2,1H3;1H3,(H,2,3,4). The van der Waals surface area contributed by atoms with Crippen LogP contribution in [0.3, 0.4) is 0 Å². The SMILES string of the molecule is COc1ccc(Cl)cc1S(=O)(=O)CCCN1CCCCC1.CS(=O)(=O)O. The molecule has 0 saturated carbocycles. The molecular formula is C16H26ClNO6S2. The van der Waals surface area contributed by atoms with E-state index in [2.05, 4.69) is 4.90 Å². The van der Waals surface area contributed by atoms with Gasteiger partial charge in [0.2, 0.25) is 0 Å². The number of nitrogens with zero attached hydrogens (tertiary/aromatic N) is 1. The Morgan fingerprint density at radius 3 is 2.27 bits per heavy atom. The first-order valence-corrected chi connectivity index (χ1v) is 12.1. The number of hydrogen-bond donors (Lipinski definition) is 1. The summed E-state index contributed by atoms with van der Waals surface area (Å²) < 4.78 is 55.9. The number of methoxy groups -OCH3 is 1. The molecule has 0 bridgehead atoms. The molecule has 1 saturated heterocycles. The molecule has 0 aromatic heterocycles. The van der Waals surface area contributed by atoms with E-state index in [1.807, 2.05) is 0 Å². The predicted octanol–water partition coefficient (Wildman–Crippen LogP) is 2.50. The fourth-order valence-electron chi connectivity index (χ4n) is 2.66. The molecule has 0 unspecified atom stereocenters. The van der Waals surface area contributed by atoms with E-state index in [0.717, 1.165) is 19.6 Å². The van der Waals surface area contributed by atoms with Crippen LogP contribution in [0.4, 0.5) is 0 Å². The predicted molar refractivity (Wildman–Crippen MR) is 102 cm³/mol. The van der Waals surface area contributed by atoms with Gasteiger partial charge in [-0.15, -0.1) is 0 Å². The number of likely N-dealkylation sites (tertiary alicyclic amines) is 1. The highest BCUT2D eigenvalue weighted by atomic mass is 35.5. The average molecular weight is 428 g/mol. The monoisotopic (exact) mass is 427 g/mol. The first kappa shape index (κ1) is 23.2. The summed E-state index contributed by atoms with van der Waals surface area (Å²) in [7, 11) is -5.56. The second-order valence-electron chi connectivity index (χ2n) is 6.10. The van der Waals surface area contributed by atoms with Crippen molar-refractivity contribution in [3.8, 4) is 5.75 Å². The van der Waals surface area contributed by atoms with E-state index >= 15 is 0 Å². The van der Waals surface area contributed by atoms with Crippen LogP contribution in [0.15, 0.2) is 23.1 Å². The van der Waals surface area contributed by atoms with Crippen LogP contribution in [0.5, 0.6) is 5.75 Å². The Bertz CT molecular complexity index is 766. The van der Waals surface area contributed by atoms with Crippen LogP contribution in [0.25, 0.3) is 0 Å². The summed E-state index contributed by atoms with van der Waals surface area (Å²) in [6.45, 7) is 3.00. The summed E-state index contributed by atoms with van der Waals surface area (Å²) in [6, 6.07) is 4.70. The average Bonchev–Trinajstić information content (AvgIpc) is 2.54. The Morgan fingerprint density at radius 1 is 1.15 bits per heavy atom. The van der Waals surface area contributed by atoms with Crippen molar-refractivity contribution in [1.82, 2.24) is 4.90 Å². The highest BCUT2D eigenvalue weighted by Gasteiger charge is 2.20. The molecular weight excluding hydrogens is 402 g/mol. The Labute approximate surface area is 161 Å². The number of rotatable bonds is 6. The molecule has 1 aliphatic rings. The Hall–Kier alpha value is -0.870. The van der Waals surface area contributed by atoms with Gasteiger partial charge in [-0.1, -0.05) is 18.0 Å². The minimum Gasteiger partial charge on any atom is -0.495 e. The van der Waals surface area contributed by atoms with E-state index in [4.69, 9.17) is 20.9 Å². The van der Waals surface area contributed by atoms with Gasteiger partial charge in [0.05, 0.1) is 19.1 Å². The van der Waals surface area contributed by atoms with E-state index in [0.29, 0.717) is 23.4 Å². The first-order valence-electron chi connectivity index (χ1n) is 8.24. The number of halogens is 1. The quantitative estimate of drug-likeness (QED) is 0.696. The zero-order valence-electron chi connectivity index (χ0n) is 15.0. The first-order chi connectivity index (χ1) is 12.0. The summed E-state index contributed by atoms with van der Waals surface area (Å²) >= 11 is 5.91. The lowest BCUT2D eigenvalue weighted by atomic mass is 10.1. The largest absolute Gasteiger partial charge is 0.495 e. The van der Waals surface area contributed by atoms with Gasteiger partial charge < -0.3 is 9.64 Å². The molecule has 150 valence electrons. The molecule has 1 aromatic carbocycles. The fraction of sp³-hybridized carbons (Fsp3) is 0.625. The lowest BCUT2D eigenvalue weighted by molar-refractivity contribution is 0.229.